The van der Waals surface area contributed by atoms with E-state index in [0.29, 0.717) is 11.2 Å². The van der Waals surface area contributed by atoms with Crippen molar-refractivity contribution in [1.82, 2.24) is 14.8 Å². The third-order valence-electron chi connectivity index (χ3n) is 4.66. The molecular formula is C14H22ClN3. The van der Waals surface area contributed by atoms with Crippen LogP contribution >= 0.6 is 11.6 Å². The fourth-order valence-corrected chi connectivity index (χ4v) is 3.38. The zero-order chi connectivity index (χ0) is 12.5. The zero-order valence-electron chi connectivity index (χ0n) is 11.1. The Morgan fingerprint density at radius 2 is 1.72 bits per heavy atom. The molecule has 4 heteroatoms. The van der Waals surface area contributed by atoms with E-state index in [0.717, 1.165) is 24.2 Å². The van der Waals surface area contributed by atoms with Gasteiger partial charge in [0.15, 0.2) is 0 Å². The number of hydrogen-bond acceptors (Lipinski definition) is 2. The lowest BCUT2D eigenvalue weighted by atomic mass is 9.81. The van der Waals surface area contributed by atoms with Gasteiger partial charge in [-0.3, -0.25) is 0 Å². The van der Waals surface area contributed by atoms with E-state index in [-0.39, 0.29) is 0 Å². The summed E-state index contributed by atoms with van der Waals surface area (Å²) in [6.45, 7) is 3.35. The molecule has 0 unspecified atom stereocenters. The van der Waals surface area contributed by atoms with E-state index >= 15 is 0 Å². The molecule has 100 valence electrons. The van der Waals surface area contributed by atoms with Gasteiger partial charge in [-0.15, -0.1) is 10.2 Å². The normalized spacial score (nSPS) is 28.6. The van der Waals surface area contributed by atoms with E-state index in [9.17, 15) is 0 Å². The summed E-state index contributed by atoms with van der Waals surface area (Å²) in [7, 11) is 0. The van der Waals surface area contributed by atoms with E-state index in [2.05, 4.69) is 21.7 Å². The SMILES string of the molecule is CCC1CCC(Cn2c(Cl)nnc2C2CC2)CC1. The van der Waals surface area contributed by atoms with Crippen molar-refractivity contribution in [2.75, 3.05) is 0 Å². The summed E-state index contributed by atoms with van der Waals surface area (Å²) in [4.78, 5) is 0. The molecule has 2 aliphatic carbocycles. The molecule has 0 bridgehead atoms. The largest absolute Gasteiger partial charge is 0.301 e. The standard InChI is InChI=1S/C14H22ClN3/c1-2-10-3-5-11(6-4-10)9-18-13(12-7-8-12)16-17-14(18)15/h10-12H,2-9H2,1H3. The Hall–Kier alpha value is -0.570. The van der Waals surface area contributed by atoms with Crippen LogP contribution in [0.25, 0.3) is 0 Å². The van der Waals surface area contributed by atoms with E-state index in [1.807, 2.05) is 0 Å². The molecule has 2 aliphatic rings. The number of nitrogens with zero attached hydrogens (tertiary/aromatic N) is 3. The van der Waals surface area contributed by atoms with Crippen molar-refractivity contribution in [2.45, 2.75) is 64.3 Å². The molecule has 0 spiro atoms. The molecule has 1 aromatic rings. The van der Waals surface area contributed by atoms with Gasteiger partial charge in [0.25, 0.3) is 0 Å². The first-order valence-corrected chi connectivity index (χ1v) is 7.74. The minimum Gasteiger partial charge on any atom is -0.301 e. The zero-order valence-corrected chi connectivity index (χ0v) is 11.9. The maximum absolute atomic E-state index is 6.18. The molecule has 2 fully saturated rings. The number of halogens is 1. The Morgan fingerprint density at radius 3 is 2.33 bits per heavy atom. The molecule has 0 saturated heterocycles. The number of rotatable bonds is 4. The van der Waals surface area contributed by atoms with Crippen LogP contribution in [0.5, 0.6) is 0 Å². The van der Waals surface area contributed by atoms with Gasteiger partial charge in [0.1, 0.15) is 5.82 Å². The Labute approximate surface area is 114 Å². The lowest BCUT2D eigenvalue weighted by Crippen LogP contribution is -2.19. The predicted octanol–water partition coefficient (Wildman–Crippen LogP) is 4.03. The highest BCUT2D eigenvalue weighted by Gasteiger charge is 2.31. The lowest BCUT2D eigenvalue weighted by molar-refractivity contribution is 0.246. The van der Waals surface area contributed by atoms with Gasteiger partial charge < -0.3 is 4.57 Å². The molecule has 0 amide bonds. The van der Waals surface area contributed by atoms with Crippen molar-refractivity contribution in [3.05, 3.63) is 11.1 Å². The van der Waals surface area contributed by atoms with Crippen molar-refractivity contribution >= 4 is 11.6 Å². The Balaban J connectivity index is 1.64. The molecule has 1 aromatic heterocycles. The molecule has 0 aliphatic heterocycles. The molecular weight excluding hydrogens is 246 g/mol. The second-order valence-electron chi connectivity index (χ2n) is 6.01. The predicted molar refractivity (Wildman–Crippen MR) is 72.7 cm³/mol. The fourth-order valence-electron chi connectivity index (χ4n) is 3.19. The van der Waals surface area contributed by atoms with E-state index < -0.39 is 0 Å². The van der Waals surface area contributed by atoms with Gasteiger partial charge in [-0.1, -0.05) is 26.2 Å². The van der Waals surface area contributed by atoms with Crippen LogP contribution in [0.15, 0.2) is 0 Å². The van der Waals surface area contributed by atoms with E-state index in [4.69, 9.17) is 11.6 Å². The maximum Gasteiger partial charge on any atom is 0.225 e. The summed E-state index contributed by atoms with van der Waals surface area (Å²) in [5.74, 6) is 3.51. The quantitative estimate of drug-likeness (QED) is 0.825. The average Bonchev–Trinajstić information content (AvgIpc) is 3.17. The summed E-state index contributed by atoms with van der Waals surface area (Å²) < 4.78 is 2.18. The van der Waals surface area contributed by atoms with Gasteiger partial charge >= 0.3 is 0 Å². The van der Waals surface area contributed by atoms with Gasteiger partial charge in [0.05, 0.1) is 0 Å². The monoisotopic (exact) mass is 267 g/mol. The highest BCUT2D eigenvalue weighted by atomic mass is 35.5. The highest BCUT2D eigenvalue weighted by Crippen LogP contribution is 2.40. The summed E-state index contributed by atoms with van der Waals surface area (Å²) in [6, 6.07) is 0. The van der Waals surface area contributed by atoms with Crippen LogP contribution in [-0.4, -0.2) is 14.8 Å². The lowest BCUT2D eigenvalue weighted by Gasteiger charge is -2.28. The Kier molecular flexibility index (Phi) is 3.60. The van der Waals surface area contributed by atoms with Crippen molar-refractivity contribution < 1.29 is 0 Å². The average molecular weight is 268 g/mol. The van der Waals surface area contributed by atoms with Crippen LogP contribution in [0.1, 0.15) is 63.6 Å². The summed E-state index contributed by atoms with van der Waals surface area (Å²) in [5, 5.41) is 8.90. The summed E-state index contributed by atoms with van der Waals surface area (Å²) >= 11 is 6.18. The Bertz CT molecular complexity index is 403. The van der Waals surface area contributed by atoms with Gasteiger partial charge in [-0.05, 0) is 49.1 Å². The summed E-state index contributed by atoms with van der Waals surface area (Å²) in [6.07, 6.45) is 9.33. The molecule has 2 saturated carbocycles. The van der Waals surface area contributed by atoms with Gasteiger partial charge in [0, 0.05) is 12.5 Å². The molecule has 0 aromatic carbocycles. The number of hydrogen-bond donors (Lipinski definition) is 0. The van der Waals surface area contributed by atoms with Crippen molar-refractivity contribution in [3.63, 3.8) is 0 Å². The van der Waals surface area contributed by atoms with Crippen molar-refractivity contribution in [1.29, 1.82) is 0 Å². The van der Waals surface area contributed by atoms with E-state index in [1.165, 1.54) is 44.9 Å². The van der Waals surface area contributed by atoms with Crippen LogP contribution in [0, 0.1) is 11.8 Å². The first-order valence-electron chi connectivity index (χ1n) is 7.36. The second kappa shape index (κ2) is 5.20. The van der Waals surface area contributed by atoms with Gasteiger partial charge in [-0.25, -0.2) is 0 Å². The van der Waals surface area contributed by atoms with Crippen LogP contribution in [-0.2, 0) is 6.54 Å². The van der Waals surface area contributed by atoms with Crippen LogP contribution in [0.2, 0.25) is 5.28 Å². The fraction of sp³-hybridized carbons (Fsp3) is 0.857. The second-order valence-corrected chi connectivity index (χ2v) is 6.35. The third kappa shape index (κ3) is 2.56. The first kappa shape index (κ1) is 12.5. The smallest absolute Gasteiger partial charge is 0.225 e. The van der Waals surface area contributed by atoms with Gasteiger partial charge in [0.2, 0.25) is 5.28 Å². The van der Waals surface area contributed by atoms with Gasteiger partial charge in [-0.2, -0.15) is 0 Å². The molecule has 0 radical (unpaired) electrons. The minimum absolute atomic E-state index is 0.592. The first-order chi connectivity index (χ1) is 8.78. The molecule has 1 heterocycles. The van der Waals surface area contributed by atoms with Crippen molar-refractivity contribution in [2.24, 2.45) is 11.8 Å². The summed E-state index contributed by atoms with van der Waals surface area (Å²) in [5.41, 5.74) is 0. The number of aromatic nitrogens is 3. The molecule has 18 heavy (non-hydrogen) atoms. The maximum atomic E-state index is 6.18. The van der Waals surface area contributed by atoms with Crippen LogP contribution < -0.4 is 0 Å². The molecule has 3 nitrogen and oxygen atoms in total. The molecule has 0 atom stereocenters. The van der Waals surface area contributed by atoms with Crippen LogP contribution in [0.4, 0.5) is 0 Å². The van der Waals surface area contributed by atoms with Crippen molar-refractivity contribution in [3.8, 4) is 0 Å². The highest BCUT2D eigenvalue weighted by molar-refractivity contribution is 6.28. The topological polar surface area (TPSA) is 30.7 Å². The van der Waals surface area contributed by atoms with Crippen LogP contribution in [0.3, 0.4) is 0 Å². The molecule has 3 rings (SSSR count). The Morgan fingerprint density at radius 1 is 1.06 bits per heavy atom. The minimum atomic E-state index is 0.592. The van der Waals surface area contributed by atoms with E-state index in [1.54, 1.807) is 0 Å². The molecule has 0 N–H and O–H groups in total. The third-order valence-corrected chi connectivity index (χ3v) is 4.94.